The standard InChI is InChI=1S/C14H20S2/c1-2-11(9-15)10-16-14-7-6-12-4-3-5-13(12)8-14/h6-8,11,15H,2-5,9-10H2,1H3. The van der Waals surface area contributed by atoms with E-state index in [9.17, 15) is 0 Å². The molecule has 1 aromatic rings. The lowest BCUT2D eigenvalue weighted by Gasteiger charge is -2.11. The molecule has 1 aliphatic carbocycles. The Morgan fingerprint density at radius 2 is 2.12 bits per heavy atom. The normalized spacial score (nSPS) is 16.1. The molecule has 88 valence electrons. The van der Waals surface area contributed by atoms with Crippen LogP contribution in [0.5, 0.6) is 0 Å². The van der Waals surface area contributed by atoms with Crippen molar-refractivity contribution in [3.05, 3.63) is 29.3 Å². The monoisotopic (exact) mass is 252 g/mol. The number of hydrogen-bond donors (Lipinski definition) is 1. The zero-order chi connectivity index (χ0) is 11.4. The number of aryl methyl sites for hydroxylation is 2. The van der Waals surface area contributed by atoms with Crippen LogP contribution in [0.15, 0.2) is 23.1 Å². The van der Waals surface area contributed by atoms with Crippen molar-refractivity contribution in [1.29, 1.82) is 0 Å². The Bertz CT molecular complexity index is 343. The summed E-state index contributed by atoms with van der Waals surface area (Å²) in [4.78, 5) is 1.45. The molecule has 0 saturated heterocycles. The molecular weight excluding hydrogens is 232 g/mol. The molecule has 0 radical (unpaired) electrons. The van der Waals surface area contributed by atoms with Gasteiger partial charge in [-0.1, -0.05) is 19.4 Å². The van der Waals surface area contributed by atoms with Gasteiger partial charge in [0.1, 0.15) is 0 Å². The highest BCUT2D eigenvalue weighted by Crippen LogP contribution is 2.29. The fourth-order valence-corrected chi connectivity index (χ4v) is 3.89. The Kier molecular flexibility index (Phi) is 4.66. The molecule has 1 aromatic carbocycles. The summed E-state index contributed by atoms with van der Waals surface area (Å²) >= 11 is 6.39. The van der Waals surface area contributed by atoms with Crippen molar-refractivity contribution >= 4 is 24.4 Å². The van der Waals surface area contributed by atoms with Gasteiger partial charge >= 0.3 is 0 Å². The van der Waals surface area contributed by atoms with Gasteiger partial charge in [-0.25, -0.2) is 0 Å². The van der Waals surface area contributed by atoms with Crippen molar-refractivity contribution in [2.24, 2.45) is 5.92 Å². The maximum Gasteiger partial charge on any atom is 0.00749 e. The number of fused-ring (bicyclic) bond motifs is 1. The van der Waals surface area contributed by atoms with Gasteiger partial charge in [0.15, 0.2) is 0 Å². The fourth-order valence-electron chi connectivity index (χ4n) is 2.15. The van der Waals surface area contributed by atoms with Crippen LogP contribution >= 0.6 is 24.4 Å². The molecule has 16 heavy (non-hydrogen) atoms. The van der Waals surface area contributed by atoms with Crippen LogP contribution in [0.2, 0.25) is 0 Å². The summed E-state index contributed by atoms with van der Waals surface area (Å²) in [6.07, 6.45) is 5.15. The van der Waals surface area contributed by atoms with E-state index < -0.39 is 0 Å². The molecule has 0 aromatic heterocycles. The number of thioether (sulfide) groups is 1. The molecule has 0 nitrogen and oxygen atoms in total. The van der Waals surface area contributed by atoms with Crippen molar-refractivity contribution < 1.29 is 0 Å². The summed E-state index contributed by atoms with van der Waals surface area (Å²) in [5.74, 6) is 2.97. The van der Waals surface area contributed by atoms with E-state index in [-0.39, 0.29) is 0 Å². The molecule has 0 aliphatic heterocycles. The highest BCUT2D eigenvalue weighted by Gasteiger charge is 2.11. The summed E-state index contributed by atoms with van der Waals surface area (Å²) in [6, 6.07) is 7.02. The fraction of sp³-hybridized carbons (Fsp3) is 0.571. The van der Waals surface area contributed by atoms with E-state index >= 15 is 0 Å². The maximum absolute atomic E-state index is 4.39. The highest BCUT2D eigenvalue weighted by molar-refractivity contribution is 7.99. The first-order chi connectivity index (χ1) is 7.83. The molecule has 0 spiro atoms. The third-order valence-corrected chi connectivity index (χ3v) is 5.13. The van der Waals surface area contributed by atoms with Gasteiger partial charge in [-0.3, -0.25) is 0 Å². The van der Waals surface area contributed by atoms with Crippen LogP contribution in [0.25, 0.3) is 0 Å². The van der Waals surface area contributed by atoms with Crippen molar-refractivity contribution in [1.82, 2.24) is 0 Å². The van der Waals surface area contributed by atoms with Crippen molar-refractivity contribution in [3.63, 3.8) is 0 Å². The second-order valence-corrected chi connectivity index (χ2v) is 6.01. The Morgan fingerprint density at radius 3 is 2.88 bits per heavy atom. The van der Waals surface area contributed by atoms with E-state index in [1.165, 1.54) is 36.3 Å². The van der Waals surface area contributed by atoms with Gasteiger partial charge in [-0.15, -0.1) is 11.8 Å². The van der Waals surface area contributed by atoms with Crippen LogP contribution in [0.4, 0.5) is 0 Å². The number of hydrogen-bond acceptors (Lipinski definition) is 2. The molecule has 0 heterocycles. The Balaban J connectivity index is 1.95. The largest absolute Gasteiger partial charge is 0.179 e. The van der Waals surface area contributed by atoms with E-state index in [0.29, 0.717) is 0 Å². The zero-order valence-corrected chi connectivity index (χ0v) is 11.6. The summed E-state index contributed by atoms with van der Waals surface area (Å²) in [7, 11) is 0. The van der Waals surface area contributed by atoms with E-state index in [2.05, 4.69) is 37.8 Å². The number of thiol groups is 1. The highest BCUT2D eigenvalue weighted by atomic mass is 32.2. The minimum absolute atomic E-state index is 0.751. The molecule has 0 N–H and O–H groups in total. The molecule has 1 atom stereocenters. The quantitative estimate of drug-likeness (QED) is 0.604. The lowest BCUT2D eigenvalue weighted by atomic mass is 10.1. The first-order valence-corrected chi connectivity index (χ1v) is 7.80. The van der Waals surface area contributed by atoms with Gasteiger partial charge in [0.05, 0.1) is 0 Å². The van der Waals surface area contributed by atoms with Crippen molar-refractivity contribution in [2.45, 2.75) is 37.5 Å². The molecule has 2 rings (SSSR count). The Morgan fingerprint density at radius 1 is 1.31 bits per heavy atom. The molecular formula is C14H20S2. The number of benzene rings is 1. The lowest BCUT2D eigenvalue weighted by molar-refractivity contribution is 0.649. The van der Waals surface area contributed by atoms with Crippen molar-refractivity contribution in [2.75, 3.05) is 11.5 Å². The molecule has 0 amide bonds. The summed E-state index contributed by atoms with van der Waals surface area (Å²) in [5, 5.41) is 0. The Labute approximate surface area is 109 Å². The average molecular weight is 252 g/mol. The van der Waals surface area contributed by atoms with Gasteiger partial charge in [-0.05, 0) is 54.2 Å². The summed E-state index contributed by atoms with van der Waals surface area (Å²) in [5.41, 5.74) is 3.16. The lowest BCUT2D eigenvalue weighted by Crippen LogP contribution is -2.03. The first kappa shape index (κ1) is 12.4. The van der Waals surface area contributed by atoms with Crippen LogP contribution < -0.4 is 0 Å². The van der Waals surface area contributed by atoms with E-state index in [4.69, 9.17) is 0 Å². The van der Waals surface area contributed by atoms with Gasteiger partial charge < -0.3 is 0 Å². The molecule has 1 unspecified atom stereocenters. The number of rotatable bonds is 5. The predicted octanol–water partition coefficient (Wildman–Crippen LogP) is 4.22. The van der Waals surface area contributed by atoms with Crippen LogP contribution in [0, 0.1) is 5.92 Å². The topological polar surface area (TPSA) is 0 Å². The molecule has 0 bridgehead atoms. The van der Waals surface area contributed by atoms with Crippen molar-refractivity contribution in [3.8, 4) is 0 Å². The molecule has 0 saturated carbocycles. The van der Waals surface area contributed by atoms with E-state index in [1.54, 1.807) is 11.1 Å². The van der Waals surface area contributed by atoms with Gasteiger partial charge in [0, 0.05) is 10.6 Å². The smallest absolute Gasteiger partial charge is 0.00749 e. The average Bonchev–Trinajstić information content (AvgIpc) is 2.77. The van der Waals surface area contributed by atoms with Gasteiger partial charge in [0.2, 0.25) is 0 Å². The summed E-state index contributed by atoms with van der Waals surface area (Å²) < 4.78 is 0. The third kappa shape index (κ3) is 2.98. The molecule has 0 fully saturated rings. The van der Waals surface area contributed by atoms with Gasteiger partial charge in [-0.2, -0.15) is 12.6 Å². The van der Waals surface area contributed by atoms with E-state index in [1.807, 2.05) is 11.8 Å². The van der Waals surface area contributed by atoms with Crippen LogP contribution in [0.3, 0.4) is 0 Å². The molecule has 1 aliphatic rings. The van der Waals surface area contributed by atoms with Gasteiger partial charge in [0.25, 0.3) is 0 Å². The first-order valence-electron chi connectivity index (χ1n) is 6.19. The minimum Gasteiger partial charge on any atom is -0.179 e. The zero-order valence-electron chi connectivity index (χ0n) is 9.91. The Hall–Kier alpha value is -0.0800. The molecule has 2 heteroatoms. The predicted molar refractivity (Wildman–Crippen MR) is 76.8 cm³/mol. The summed E-state index contributed by atoms with van der Waals surface area (Å²) in [6.45, 7) is 2.25. The van der Waals surface area contributed by atoms with E-state index in [0.717, 1.165) is 11.7 Å². The SMILES string of the molecule is CCC(CS)CSc1ccc2c(c1)CCC2. The van der Waals surface area contributed by atoms with Crippen LogP contribution in [-0.2, 0) is 12.8 Å². The third-order valence-electron chi connectivity index (χ3n) is 3.39. The van der Waals surface area contributed by atoms with Crippen LogP contribution in [-0.4, -0.2) is 11.5 Å². The maximum atomic E-state index is 4.39. The van der Waals surface area contributed by atoms with Crippen LogP contribution in [0.1, 0.15) is 30.9 Å². The second kappa shape index (κ2) is 6.02. The minimum atomic E-state index is 0.751. The second-order valence-electron chi connectivity index (χ2n) is 4.55.